The van der Waals surface area contributed by atoms with Crippen LogP contribution in [0, 0.1) is 0 Å². The first-order valence-corrected chi connectivity index (χ1v) is 7.78. The van der Waals surface area contributed by atoms with Crippen LogP contribution in [-0.4, -0.2) is 24.0 Å². The summed E-state index contributed by atoms with van der Waals surface area (Å²) in [5, 5.41) is 2.62. The second-order valence-electron chi connectivity index (χ2n) is 5.80. The van der Waals surface area contributed by atoms with E-state index in [2.05, 4.69) is 54.3 Å². The second-order valence-corrected chi connectivity index (χ2v) is 5.80. The average molecular weight is 268 g/mol. The SMILES string of the molecule is CCC1CCCN1C(CN)c1ccc2ccccc2c1. The molecule has 0 aromatic heterocycles. The smallest absolute Gasteiger partial charge is 0.0473 e. The monoisotopic (exact) mass is 268 g/mol. The van der Waals surface area contributed by atoms with Gasteiger partial charge in [0.05, 0.1) is 0 Å². The van der Waals surface area contributed by atoms with Crippen LogP contribution in [0.4, 0.5) is 0 Å². The first-order chi connectivity index (χ1) is 9.83. The van der Waals surface area contributed by atoms with Crippen LogP contribution >= 0.6 is 0 Å². The lowest BCUT2D eigenvalue weighted by molar-refractivity contribution is 0.180. The maximum atomic E-state index is 6.10. The van der Waals surface area contributed by atoms with E-state index in [1.807, 2.05) is 0 Å². The number of rotatable bonds is 4. The Balaban J connectivity index is 1.94. The lowest BCUT2D eigenvalue weighted by atomic mass is 9.99. The molecule has 3 rings (SSSR count). The molecule has 2 atom stereocenters. The topological polar surface area (TPSA) is 29.3 Å². The van der Waals surface area contributed by atoms with E-state index in [4.69, 9.17) is 5.73 Å². The zero-order chi connectivity index (χ0) is 13.9. The van der Waals surface area contributed by atoms with Crippen LogP contribution in [0.3, 0.4) is 0 Å². The number of fused-ring (bicyclic) bond motifs is 1. The molecule has 0 amide bonds. The fraction of sp³-hybridized carbons (Fsp3) is 0.444. The minimum absolute atomic E-state index is 0.368. The Morgan fingerprint density at radius 2 is 2.00 bits per heavy atom. The van der Waals surface area contributed by atoms with Crippen LogP contribution in [0.25, 0.3) is 10.8 Å². The van der Waals surface area contributed by atoms with Crippen molar-refractivity contribution in [3.63, 3.8) is 0 Å². The van der Waals surface area contributed by atoms with Crippen LogP contribution in [-0.2, 0) is 0 Å². The van der Waals surface area contributed by atoms with Gasteiger partial charge in [-0.2, -0.15) is 0 Å². The van der Waals surface area contributed by atoms with Crippen LogP contribution in [0.15, 0.2) is 42.5 Å². The standard InChI is InChI=1S/C18H24N2/c1-2-17-8-5-11-20(17)18(13-19)16-10-9-14-6-3-4-7-15(14)12-16/h3-4,6-7,9-10,12,17-18H,2,5,8,11,13,19H2,1H3. The van der Waals surface area contributed by atoms with Crippen molar-refractivity contribution in [1.82, 2.24) is 4.90 Å². The first-order valence-electron chi connectivity index (χ1n) is 7.78. The van der Waals surface area contributed by atoms with Crippen molar-refractivity contribution < 1.29 is 0 Å². The van der Waals surface area contributed by atoms with Gasteiger partial charge in [-0.25, -0.2) is 0 Å². The summed E-state index contributed by atoms with van der Waals surface area (Å²) < 4.78 is 0. The highest BCUT2D eigenvalue weighted by molar-refractivity contribution is 5.83. The molecule has 20 heavy (non-hydrogen) atoms. The molecule has 2 heteroatoms. The Hall–Kier alpha value is -1.38. The number of likely N-dealkylation sites (tertiary alicyclic amines) is 1. The summed E-state index contributed by atoms with van der Waals surface area (Å²) in [7, 11) is 0. The third kappa shape index (κ3) is 2.46. The third-order valence-electron chi connectivity index (χ3n) is 4.68. The van der Waals surface area contributed by atoms with E-state index in [0.29, 0.717) is 18.6 Å². The van der Waals surface area contributed by atoms with Gasteiger partial charge < -0.3 is 5.73 Å². The molecular weight excluding hydrogens is 244 g/mol. The molecule has 1 heterocycles. The van der Waals surface area contributed by atoms with Gasteiger partial charge in [-0.1, -0.05) is 43.3 Å². The maximum Gasteiger partial charge on any atom is 0.0473 e. The van der Waals surface area contributed by atoms with Crippen molar-refractivity contribution in [2.75, 3.05) is 13.1 Å². The highest BCUT2D eigenvalue weighted by Crippen LogP contribution is 2.31. The van der Waals surface area contributed by atoms with Gasteiger partial charge in [0, 0.05) is 18.6 Å². The molecule has 1 aliphatic rings. The van der Waals surface area contributed by atoms with Crippen molar-refractivity contribution in [2.24, 2.45) is 5.73 Å². The Kier molecular flexibility index (Phi) is 4.04. The minimum Gasteiger partial charge on any atom is -0.329 e. The zero-order valence-electron chi connectivity index (χ0n) is 12.3. The van der Waals surface area contributed by atoms with E-state index in [0.717, 1.165) is 0 Å². The molecular formula is C18H24N2. The molecule has 0 aliphatic carbocycles. The van der Waals surface area contributed by atoms with Crippen molar-refractivity contribution in [2.45, 2.75) is 38.3 Å². The summed E-state index contributed by atoms with van der Waals surface area (Å²) in [6.07, 6.45) is 3.85. The fourth-order valence-corrected chi connectivity index (χ4v) is 3.58. The second kappa shape index (κ2) is 5.94. The summed E-state index contributed by atoms with van der Waals surface area (Å²) >= 11 is 0. The fourth-order valence-electron chi connectivity index (χ4n) is 3.58. The predicted molar refractivity (Wildman–Crippen MR) is 85.8 cm³/mol. The van der Waals surface area contributed by atoms with Crippen molar-refractivity contribution in [1.29, 1.82) is 0 Å². The largest absolute Gasteiger partial charge is 0.329 e. The summed E-state index contributed by atoms with van der Waals surface area (Å²) in [5.74, 6) is 0. The molecule has 2 unspecified atom stereocenters. The van der Waals surface area contributed by atoms with Crippen LogP contribution in [0.2, 0.25) is 0 Å². The van der Waals surface area contributed by atoms with E-state index in [-0.39, 0.29) is 0 Å². The van der Waals surface area contributed by atoms with Gasteiger partial charge >= 0.3 is 0 Å². The number of nitrogens with two attached hydrogens (primary N) is 1. The van der Waals surface area contributed by atoms with Crippen LogP contribution in [0.5, 0.6) is 0 Å². The number of nitrogens with zero attached hydrogens (tertiary/aromatic N) is 1. The van der Waals surface area contributed by atoms with Crippen LogP contribution in [0.1, 0.15) is 37.8 Å². The molecule has 0 bridgehead atoms. The number of hydrogen-bond donors (Lipinski definition) is 1. The van der Waals surface area contributed by atoms with Gasteiger partial charge in [0.15, 0.2) is 0 Å². The van der Waals surface area contributed by atoms with Gasteiger partial charge in [-0.05, 0) is 48.2 Å². The van der Waals surface area contributed by atoms with Gasteiger partial charge in [0.1, 0.15) is 0 Å². The van der Waals surface area contributed by atoms with E-state index in [1.54, 1.807) is 0 Å². The predicted octanol–water partition coefficient (Wildman–Crippen LogP) is 3.71. The van der Waals surface area contributed by atoms with Gasteiger partial charge in [-0.3, -0.25) is 4.90 Å². The van der Waals surface area contributed by atoms with Crippen molar-refractivity contribution in [3.8, 4) is 0 Å². The first kappa shape index (κ1) is 13.6. The molecule has 1 saturated heterocycles. The number of benzene rings is 2. The average Bonchev–Trinajstić information content (AvgIpc) is 2.96. The van der Waals surface area contributed by atoms with Gasteiger partial charge in [0.2, 0.25) is 0 Å². The lowest BCUT2D eigenvalue weighted by Crippen LogP contribution is -2.37. The minimum atomic E-state index is 0.368. The van der Waals surface area contributed by atoms with E-state index in [1.165, 1.54) is 42.1 Å². The normalized spacial score (nSPS) is 21.4. The molecule has 2 aromatic carbocycles. The molecule has 1 fully saturated rings. The Morgan fingerprint density at radius 1 is 1.20 bits per heavy atom. The maximum absolute atomic E-state index is 6.10. The molecule has 0 spiro atoms. The molecule has 2 aromatic rings. The zero-order valence-corrected chi connectivity index (χ0v) is 12.3. The van der Waals surface area contributed by atoms with E-state index >= 15 is 0 Å². The third-order valence-corrected chi connectivity index (χ3v) is 4.68. The lowest BCUT2D eigenvalue weighted by Gasteiger charge is -2.32. The quantitative estimate of drug-likeness (QED) is 0.916. The van der Waals surface area contributed by atoms with Gasteiger partial charge in [0.25, 0.3) is 0 Å². The highest BCUT2D eigenvalue weighted by atomic mass is 15.2. The van der Waals surface area contributed by atoms with E-state index in [9.17, 15) is 0 Å². The summed E-state index contributed by atoms with van der Waals surface area (Å²) in [5.41, 5.74) is 7.47. The molecule has 0 radical (unpaired) electrons. The van der Waals surface area contributed by atoms with E-state index < -0.39 is 0 Å². The van der Waals surface area contributed by atoms with Crippen molar-refractivity contribution >= 4 is 10.8 Å². The number of hydrogen-bond acceptors (Lipinski definition) is 2. The summed E-state index contributed by atoms with van der Waals surface area (Å²) in [6, 6.07) is 16.4. The Labute approximate surface area is 121 Å². The summed E-state index contributed by atoms with van der Waals surface area (Å²) in [6.45, 7) is 4.18. The Morgan fingerprint density at radius 3 is 2.75 bits per heavy atom. The highest BCUT2D eigenvalue weighted by Gasteiger charge is 2.29. The van der Waals surface area contributed by atoms with Crippen molar-refractivity contribution in [3.05, 3.63) is 48.0 Å². The molecule has 106 valence electrons. The summed E-state index contributed by atoms with van der Waals surface area (Å²) in [4.78, 5) is 2.62. The Bertz CT molecular complexity index is 578. The van der Waals surface area contributed by atoms with Gasteiger partial charge in [-0.15, -0.1) is 0 Å². The van der Waals surface area contributed by atoms with Crippen LogP contribution < -0.4 is 5.73 Å². The molecule has 0 saturated carbocycles. The molecule has 2 nitrogen and oxygen atoms in total. The molecule has 1 aliphatic heterocycles. The molecule has 2 N–H and O–H groups in total.